The molecule has 0 saturated carbocycles. The van der Waals surface area contributed by atoms with Gasteiger partial charge in [-0.2, -0.15) is 0 Å². The molecule has 4 heteroatoms. The van der Waals surface area contributed by atoms with E-state index in [0.29, 0.717) is 0 Å². The molecule has 0 aliphatic carbocycles. The first kappa shape index (κ1) is 15.7. The number of likely N-dealkylation sites (tertiary alicyclic amines) is 1. The normalized spacial score (nSPS) is 19.8. The molecular weight excluding hydrogens is 315 g/mol. The first-order valence-electron chi connectivity index (χ1n) is 5.46. The zero-order chi connectivity index (χ0) is 11.5. The van der Waals surface area contributed by atoms with Crippen molar-refractivity contribution < 1.29 is 33.3 Å². The number of hydrogen-bond acceptors (Lipinski definition) is 1. The molecule has 0 spiro atoms. The van der Waals surface area contributed by atoms with Gasteiger partial charge >= 0.3 is 0 Å². The van der Waals surface area contributed by atoms with E-state index in [2.05, 4.69) is 33.0 Å². The minimum atomic E-state index is 0. The van der Waals surface area contributed by atoms with Crippen LogP contribution in [0.4, 0.5) is 0 Å². The number of rotatable bonds is 1. The van der Waals surface area contributed by atoms with E-state index in [1.807, 2.05) is 4.90 Å². The van der Waals surface area contributed by atoms with Crippen molar-refractivity contribution in [3.05, 3.63) is 0 Å². The van der Waals surface area contributed by atoms with Crippen molar-refractivity contribution in [3.8, 4) is 11.8 Å². The van der Waals surface area contributed by atoms with Crippen LogP contribution in [-0.4, -0.2) is 55.6 Å². The summed E-state index contributed by atoms with van der Waals surface area (Å²) in [5.74, 6) is 6.54. The Kier molecular flexibility index (Phi) is 6.34. The molecule has 1 rings (SSSR count). The van der Waals surface area contributed by atoms with Crippen molar-refractivity contribution in [2.24, 2.45) is 0 Å². The molecule has 16 heavy (non-hydrogen) atoms. The predicted molar refractivity (Wildman–Crippen MR) is 61.1 cm³/mol. The Balaban J connectivity index is 0.00000225. The number of carbonyl (C=O) groups excluding carboxylic acids is 1. The Morgan fingerprint density at radius 3 is 2.56 bits per heavy atom. The summed E-state index contributed by atoms with van der Waals surface area (Å²) in [4.78, 5) is 13.1. The summed E-state index contributed by atoms with van der Waals surface area (Å²) in [6, 6.07) is 0.161. The van der Waals surface area contributed by atoms with E-state index in [-0.39, 0.29) is 35.9 Å². The van der Waals surface area contributed by atoms with Gasteiger partial charge in [-0.3, -0.25) is 4.79 Å². The molecule has 92 valence electrons. The van der Waals surface area contributed by atoms with E-state index in [0.717, 1.165) is 30.4 Å². The van der Waals surface area contributed by atoms with Gasteiger partial charge in [0.05, 0.1) is 27.2 Å². The van der Waals surface area contributed by atoms with Gasteiger partial charge in [-0.25, -0.2) is 0 Å². The summed E-state index contributed by atoms with van der Waals surface area (Å²) in [6.45, 7) is 3.33. The van der Waals surface area contributed by atoms with Crippen molar-refractivity contribution in [1.82, 2.24) is 4.90 Å². The minimum absolute atomic E-state index is 0. The van der Waals surface area contributed by atoms with E-state index in [4.69, 9.17) is 0 Å². The van der Waals surface area contributed by atoms with Crippen molar-refractivity contribution in [2.45, 2.75) is 25.8 Å². The average Bonchev–Trinajstić information content (AvgIpc) is 2.49. The lowest BCUT2D eigenvalue weighted by atomic mass is 10.2. The molecule has 1 aliphatic rings. The highest BCUT2D eigenvalue weighted by Gasteiger charge is 2.24. The lowest BCUT2D eigenvalue weighted by Gasteiger charge is -2.21. The monoisotopic (exact) mass is 336 g/mol. The maximum Gasteiger partial charge on any atom is 0.220 e. The molecule has 0 aromatic carbocycles. The Morgan fingerprint density at radius 2 is 2.06 bits per heavy atom. The number of amides is 1. The summed E-state index contributed by atoms with van der Waals surface area (Å²) in [5, 5.41) is 0. The molecule has 0 aromatic heterocycles. The van der Waals surface area contributed by atoms with Gasteiger partial charge in [0.25, 0.3) is 0 Å². The number of carbonyl (C=O) groups is 1. The molecular formula is C12H21IN2O. The third-order valence-electron chi connectivity index (χ3n) is 2.48. The molecule has 1 heterocycles. The van der Waals surface area contributed by atoms with Crippen LogP contribution in [0.3, 0.4) is 0 Å². The topological polar surface area (TPSA) is 20.3 Å². The van der Waals surface area contributed by atoms with Crippen LogP contribution in [0, 0.1) is 11.8 Å². The first-order valence-corrected chi connectivity index (χ1v) is 5.46. The van der Waals surface area contributed by atoms with Gasteiger partial charge in [0.15, 0.2) is 0 Å². The van der Waals surface area contributed by atoms with Gasteiger partial charge < -0.3 is 33.4 Å². The zero-order valence-electron chi connectivity index (χ0n) is 10.6. The van der Waals surface area contributed by atoms with Gasteiger partial charge in [0, 0.05) is 13.5 Å². The van der Waals surface area contributed by atoms with Crippen molar-refractivity contribution in [1.29, 1.82) is 0 Å². The van der Waals surface area contributed by atoms with Gasteiger partial charge in [0.2, 0.25) is 5.91 Å². The summed E-state index contributed by atoms with van der Waals surface area (Å²) >= 11 is 0. The first-order chi connectivity index (χ1) is 6.90. The molecule has 1 atom stereocenters. The van der Waals surface area contributed by atoms with Crippen LogP contribution in [0.2, 0.25) is 0 Å². The van der Waals surface area contributed by atoms with Crippen LogP contribution in [-0.2, 0) is 4.79 Å². The van der Waals surface area contributed by atoms with Gasteiger partial charge in [-0.05, 0) is 18.8 Å². The Labute approximate surface area is 116 Å². The number of halogens is 1. The molecule has 1 aliphatic heterocycles. The van der Waals surface area contributed by atoms with Crippen LogP contribution in [0.1, 0.15) is 19.8 Å². The van der Waals surface area contributed by atoms with E-state index in [1.54, 1.807) is 6.92 Å². The van der Waals surface area contributed by atoms with E-state index < -0.39 is 0 Å². The highest BCUT2D eigenvalue weighted by molar-refractivity contribution is 5.74. The highest BCUT2D eigenvalue weighted by Crippen LogP contribution is 2.16. The van der Waals surface area contributed by atoms with Crippen LogP contribution >= 0.6 is 0 Å². The number of hydrogen-bond donors (Lipinski definition) is 0. The van der Waals surface area contributed by atoms with Crippen LogP contribution in [0.25, 0.3) is 0 Å². The third-order valence-corrected chi connectivity index (χ3v) is 2.48. The second-order valence-electron chi connectivity index (χ2n) is 5.14. The Bertz CT molecular complexity index is 298. The van der Waals surface area contributed by atoms with Gasteiger partial charge in [-0.1, -0.05) is 5.92 Å². The molecule has 1 unspecified atom stereocenters. The SMILES string of the molecule is CC(=O)N1CCCC1C#CC[N+](C)(C)C.[I-]. The smallest absolute Gasteiger partial charge is 0.220 e. The lowest BCUT2D eigenvalue weighted by molar-refractivity contribution is -0.862. The van der Waals surface area contributed by atoms with E-state index in [9.17, 15) is 4.79 Å². The van der Waals surface area contributed by atoms with Crippen LogP contribution < -0.4 is 24.0 Å². The molecule has 0 aromatic rings. The fraction of sp³-hybridized carbons (Fsp3) is 0.750. The molecule has 0 bridgehead atoms. The maximum absolute atomic E-state index is 11.3. The summed E-state index contributed by atoms with van der Waals surface area (Å²) < 4.78 is 0.847. The van der Waals surface area contributed by atoms with Crippen molar-refractivity contribution in [2.75, 3.05) is 34.2 Å². The third kappa shape index (κ3) is 5.17. The van der Waals surface area contributed by atoms with Crippen molar-refractivity contribution in [3.63, 3.8) is 0 Å². The standard InChI is InChI=1S/C12H21N2O.HI/c1-11(15)13-9-5-7-12(13)8-6-10-14(2,3)4;/h12H,5,7,9-10H2,1-4H3;1H/q+1;/p-1. The van der Waals surface area contributed by atoms with E-state index in [1.165, 1.54) is 0 Å². The number of quaternary nitrogens is 1. The van der Waals surface area contributed by atoms with Gasteiger partial charge in [-0.15, -0.1) is 0 Å². The molecule has 1 fully saturated rings. The second-order valence-corrected chi connectivity index (χ2v) is 5.14. The van der Waals surface area contributed by atoms with Gasteiger partial charge in [0.1, 0.15) is 6.54 Å². The van der Waals surface area contributed by atoms with Crippen molar-refractivity contribution >= 4 is 5.91 Å². The molecule has 0 radical (unpaired) electrons. The highest BCUT2D eigenvalue weighted by atomic mass is 127. The number of nitrogens with zero attached hydrogens (tertiary/aromatic N) is 2. The largest absolute Gasteiger partial charge is 1.00 e. The second kappa shape index (κ2) is 6.45. The molecule has 1 amide bonds. The quantitative estimate of drug-likeness (QED) is 0.300. The van der Waals surface area contributed by atoms with Crippen LogP contribution in [0.5, 0.6) is 0 Å². The zero-order valence-corrected chi connectivity index (χ0v) is 12.7. The molecule has 0 N–H and O–H groups in total. The molecule has 1 saturated heterocycles. The average molecular weight is 336 g/mol. The lowest BCUT2D eigenvalue weighted by Crippen LogP contribution is -3.00. The molecule has 3 nitrogen and oxygen atoms in total. The Hall–Kier alpha value is -0.280. The summed E-state index contributed by atoms with van der Waals surface area (Å²) in [7, 11) is 6.35. The van der Waals surface area contributed by atoms with E-state index >= 15 is 0 Å². The maximum atomic E-state index is 11.3. The fourth-order valence-electron chi connectivity index (χ4n) is 1.69. The minimum Gasteiger partial charge on any atom is -1.00 e. The summed E-state index contributed by atoms with van der Waals surface area (Å²) in [6.07, 6.45) is 2.12. The van der Waals surface area contributed by atoms with Crippen LogP contribution in [0.15, 0.2) is 0 Å². The Morgan fingerprint density at radius 1 is 1.44 bits per heavy atom. The fourth-order valence-corrected chi connectivity index (χ4v) is 1.69. The predicted octanol–water partition coefficient (Wildman–Crippen LogP) is -2.29. The summed E-state index contributed by atoms with van der Waals surface area (Å²) in [5.41, 5.74) is 0.